The van der Waals surface area contributed by atoms with Crippen LogP contribution >= 0.6 is 11.3 Å². The summed E-state index contributed by atoms with van der Waals surface area (Å²) >= 11 is 1.32. The van der Waals surface area contributed by atoms with Gasteiger partial charge >= 0.3 is 0 Å². The van der Waals surface area contributed by atoms with Gasteiger partial charge < -0.3 is 14.8 Å². The fourth-order valence-electron chi connectivity index (χ4n) is 3.18. The fourth-order valence-corrected chi connectivity index (χ4v) is 4.23. The van der Waals surface area contributed by atoms with E-state index in [1.165, 1.54) is 15.9 Å². The molecule has 0 atom stereocenters. The number of aliphatic hydroxyl groups excluding tert-OH is 1. The molecule has 5 rings (SSSR count). The number of hydrogen-bond acceptors (Lipinski definition) is 7. The van der Waals surface area contributed by atoms with E-state index in [2.05, 4.69) is 15.3 Å². The van der Waals surface area contributed by atoms with Gasteiger partial charge in [0.2, 0.25) is 0 Å². The highest BCUT2D eigenvalue weighted by Crippen LogP contribution is 2.34. The normalized spacial score (nSPS) is 11.6. The number of benzene rings is 1. The predicted octanol–water partition coefficient (Wildman–Crippen LogP) is 3.15. The van der Waals surface area contributed by atoms with Crippen LogP contribution in [0.2, 0.25) is 0 Å². The zero-order chi connectivity index (χ0) is 18.4. The monoisotopic (exact) mass is 378 g/mol. The van der Waals surface area contributed by atoms with Crippen molar-refractivity contribution in [2.24, 2.45) is 0 Å². The molecule has 5 aromatic rings. The maximum Gasteiger partial charge on any atom is 0.275 e. The second-order valence-electron chi connectivity index (χ2n) is 6.03. The molecule has 1 aromatic carbocycles. The Morgan fingerprint density at radius 3 is 3.04 bits per heavy atom. The number of aliphatic hydroxyl groups is 1. The number of nitrogens with zero attached hydrogens (tertiary/aromatic N) is 3. The lowest BCUT2D eigenvalue weighted by molar-refractivity contribution is 0.311. The van der Waals surface area contributed by atoms with Crippen LogP contribution in [0, 0.1) is 0 Å². The summed E-state index contributed by atoms with van der Waals surface area (Å²) in [7, 11) is 0. The summed E-state index contributed by atoms with van der Waals surface area (Å²) in [6.07, 6.45) is 4.85. The molecule has 0 bridgehead atoms. The van der Waals surface area contributed by atoms with E-state index < -0.39 is 0 Å². The van der Waals surface area contributed by atoms with Gasteiger partial charge in [-0.25, -0.2) is 9.97 Å². The number of furan rings is 1. The van der Waals surface area contributed by atoms with Crippen LogP contribution in [0.5, 0.6) is 0 Å². The summed E-state index contributed by atoms with van der Waals surface area (Å²) in [5.74, 6) is 0. The zero-order valence-corrected chi connectivity index (χ0v) is 14.9. The van der Waals surface area contributed by atoms with E-state index in [4.69, 9.17) is 9.52 Å². The highest BCUT2D eigenvalue weighted by molar-refractivity contribution is 7.25. The van der Waals surface area contributed by atoms with Crippen molar-refractivity contribution in [2.75, 3.05) is 18.5 Å². The minimum absolute atomic E-state index is 0.0165. The van der Waals surface area contributed by atoms with Gasteiger partial charge in [-0.2, -0.15) is 0 Å². The molecule has 0 fully saturated rings. The van der Waals surface area contributed by atoms with Gasteiger partial charge in [0.1, 0.15) is 21.4 Å². The number of pyridine rings is 1. The maximum atomic E-state index is 13.1. The summed E-state index contributed by atoms with van der Waals surface area (Å²) in [4.78, 5) is 22.8. The van der Waals surface area contributed by atoms with Crippen molar-refractivity contribution in [1.29, 1.82) is 0 Å². The lowest BCUT2D eigenvalue weighted by atomic mass is 10.2. The van der Waals surface area contributed by atoms with Crippen LogP contribution in [0.1, 0.15) is 0 Å². The number of hydrogen-bond donors (Lipinski definition) is 2. The van der Waals surface area contributed by atoms with Crippen molar-refractivity contribution >= 4 is 48.4 Å². The van der Waals surface area contributed by atoms with Crippen LogP contribution in [0.4, 0.5) is 5.69 Å². The number of thiophene rings is 1. The van der Waals surface area contributed by atoms with Crippen LogP contribution < -0.4 is 10.9 Å². The van der Waals surface area contributed by atoms with Crippen molar-refractivity contribution in [3.05, 3.63) is 59.5 Å². The van der Waals surface area contributed by atoms with E-state index in [1.807, 2.05) is 30.3 Å². The Morgan fingerprint density at radius 1 is 1.22 bits per heavy atom. The van der Waals surface area contributed by atoms with Gasteiger partial charge in [0.25, 0.3) is 5.56 Å². The van der Waals surface area contributed by atoms with E-state index in [9.17, 15) is 4.79 Å². The first-order chi connectivity index (χ1) is 13.3. The first kappa shape index (κ1) is 16.0. The molecule has 4 heterocycles. The van der Waals surface area contributed by atoms with Crippen molar-refractivity contribution in [3.63, 3.8) is 0 Å². The second-order valence-corrected chi connectivity index (χ2v) is 7.03. The van der Waals surface area contributed by atoms with Crippen LogP contribution in [-0.2, 0) is 0 Å². The molecule has 0 aliphatic rings. The Balaban J connectivity index is 1.73. The summed E-state index contributed by atoms with van der Waals surface area (Å²) < 4.78 is 7.44. The van der Waals surface area contributed by atoms with Crippen molar-refractivity contribution in [1.82, 2.24) is 14.5 Å². The number of fused-ring (bicyclic) bond motifs is 4. The highest BCUT2D eigenvalue weighted by Gasteiger charge is 2.16. The molecular weight excluding hydrogens is 364 g/mol. The smallest absolute Gasteiger partial charge is 0.275 e. The number of nitrogens with one attached hydrogen (secondary N) is 1. The van der Waals surface area contributed by atoms with Gasteiger partial charge in [-0.3, -0.25) is 9.36 Å². The summed E-state index contributed by atoms with van der Waals surface area (Å²) in [5.41, 5.74) is 2.79. The summed E-state index contributed by atoms with van der Waals surface area (Å²) in [5, 5.41) is 14.0. The van der Waals surface area contributed by atoms with Gasteiger partial charge in [-0.05, 0) is 30.3 Å². The highest BCUT2D eigenvalue weighted by atomic mass is 32.1. The predicted molar refractivity (Wildman–Crippen MR) is 106 cm³/mol. The van der Waals surface area contributed by atoms with Crippen LogP contribution in [0.3, 0.4) is 0 Å². The average molecular weight is 378 g/mol. The fraction of sp³-hybridized carbons (Fsp3) is 0.105. The molecule has 0 amide bonds. The van der Waals surface area contributed by atoms with Crippen LogP contribution in [0.15, 0.2) is 58.3 Å². The molecule has 0 saturated heterocycles. The molecule has 27 heavy (non-hydrogen) atoms. The van der Waals surface area contributed by atoms with Gasteiger partial charge in [-0.15, -0.1) is 11.3 Å². The molecule has 134 valence electrons. The quantitative estimate of drug-likeness (QED) is 0.499. The van der Waals surface area contributed by atoms with Crippen LogP contribution in [-0.4, -0.2) is 32.8 Å². The van der Waals surface area contributed by atoms with Gasteiger partial charge in [0.15, 0.2) is 0 Å². The second kappa shape index (κ2) is 6.19. The minimum atomic E-state index is -0.140. The van der Waals surface area contributed by atoms with Crippen molar-refractivity contribution < 1.29 is 9.52 Å². The molecule has 7 nitrogen and oxygen atoms in total. The van der Waals surface area contributed by atoms with Gasteiger partial charge in [0, 0.05) is 23.8 Å². The largest absolute Gasteiger partial charge is 0.464 e. The number of rotatable bonds is 4. The van der Waals surface area contributed by atoms with E-state index >= 15 is 0 Å². The molecular formula is C19H14N4O3S. The number of aromatic nitrogens is 3. The SMILES string of the molecule is O=c1c2sc3nccc(NCCO)c3c2ncn1-c1ccc2occc2c1. The first-order valence-electron chi connectivity index (χ1n) is 8.37. The first-order valence-corrected chi connectivity index (χ1v) is 9.19. The minimum Gasteiger partial charge on any atom is -0.464 e. The van der Waals surface area contributed by atoms with E-state index in [-0.39, 0.29) is 12.2 Å². The molecule has 8 heteroatoms. The number of anilines is 1. The summed E-state index contributed by atoms with van der Waals surface area (Å²) in [6.45, 7) is 0.431. The zero-order valence-electron chi connectivity index (χ0n) is 14.0. The molecule has 0 unspecified atom stereocenters. The third-order valence-corrected chi connectivity index (χ3v) is 5.50. The topological polar surface area (TPSA) is 93.2 Å². The third kappa shape index (κ3) is 2.49. The molecule has 2 N–H and O–H groups in total. The Kier molecular flexibility index (Phi) is 3.66. The molecule has 0 saturated carbocycles. The molecule has 0 radical (unpaired) electrons. The Labute approximate surface area is 156 Å². The molecule has 0 spiro atoms. The Bertz CT molecular complexity index is 1350. The van der Waals surface area contributed by atoms with Gasteiger partial charge in [-0.1, -0.05) is 0 Å². The van der Waals surface area contributed by atoms with E-state index in [1.54, 1.807) is 18.8 Å². The van der Waals surface area contributed by atoms with E-state index in [0.29, 0.717) is 16.8 Å². The Morgan fingerprint density at radius 2 is 2.15 bits per heavy atom. The van der Waals surface area contributed by atoms with Crippen LogP contribution in [0.25, 0.3) is 37.1 Å². The van der Waals surface area contributed by atoms with Crippen molar-refractivity contribution in [2.45, 2.75) is 0 Å². The molecule has 0 aliphatic heterocycles. The summed E-state index contributed by atoms with van der Waals surface area (Å²) in [6, 6.07) is 9.25. The lowest BCUT2D eigenvalue weighted by Crippen LogP contribution is -2.17. The Hall–Kier alpha value is -3.23. The molecule has 0 aliphatic carbocycles. The lowest BCUT2D eigenvalue weighted by Gasteiger charge is -2.07. The molecule has 4 aromatic heterocycles. The maximum absolute atomic E-state index is 13.1. The standard InChI is InChI=1S/C19H14N4O3S/c24-7-6-20-13-3-5-21-18-15(13)16-17(27-18)19(25)23(10-22-16)12-1-2-14-11(9-12)4-8-26-14/h1-5,8-10,24H,6-7H2,(H,20,21). The van der Waals surface area contributed by atoms with E-state index in [0.717, 1.165) is 32.6 Å². The average Bonchev–Trinajstić information content (AvgIpc) is 3.31. The van der Waals surface area contributed by atoms with Gasteiger partial charge in [0.05, 0.1) is 29.5 Å². The third-order valence-electron chi connectivity index (χ3n) is 4.42. The van der Waals surface area contributed by atoms with Crippen molar-refractivity contribution in [3.8, 4) is 5.69 Å².